The van der Waals surface area contributed by atoms with Crippen LogP contribution in [0.2, 0.25) is 0 Å². The molecule has 1 fully saturated rings. The fraction of sp³-hybridized carbons (Fsp3) is 0.600. The van der Waals surface area contributed by atoms with Gasteiger partial charge in [0.05, 0.1) is 0 Å². The quantitative estimate of drug-likeness (QED) is 0.815. The first-order valence-corrected chi connectivity index (χ1v) is 6.92. The SMILES string of the molecule is CCCc1ccc(NCC2CCCNC2)cc1. The van der Waals surface area contributed by atoms with Crippen molar-refractivity contribution in [3.8, 4) is 0 Å². The molecule has 1 aliphatic heterocycles. The second kappa shape index (κ2) is 6.65. The first kappa shape index (κ1) is 12.4. The minimum absolute atomic E-state index is 0.791. The Morgan fingerprint density at radius 2 is 2.12 bits per heavy atom. The van der Waals surface area contributed by atoms with Crippen LogP contribution in [0.3, 0.4) is 0 Å². The third kappa shape index (κ3) is 4.04. The molecule has 0 radical (unpaired) electrons. The summed E-state index contributed by atoms with van der Waals surface area (Å²) in [5.41, 5.74) is 2.70. The molecule has 0 spiro atoms. The van der Waals surface area contributed by atoms with E-state index in [4.69, 9.17) is 0 Å². The van der Waals surface area contributed by atoms with Crippen molar-refractivity contribution >= 4 is 5.69 Å². The Balaban J connectivity index is 1.77. The number of anilines is 1. The summed E-state index contributed by atoms with van der Waals surface area (Å²) >= 11 is 0. The van der Waals surface area contributed by atoms with Gasteiger partial charge in [0.25, 0.3) is 0 Å². The highest BCUT2D eigenvalue weighted by Crippen LogP contribution is 2.14. The van der Waals surface area contributed by atoms with Crippen LogP contribution < -0.4 is 10.6 Å². The highest BCUT2D eigenvalue weighted by Gasteiger charge is 2.11. The van der Waals surface area contributed by atoms with Gasteiger partial charge in [-0.25, -0.2) is 0 Å². The van der Waals surface area contributed by atoms with Gasteiger partial charge in [-0.2, -0.15) is 0 Å². The lowest BCUT2D eigenvalue weighted by Gasteiger charge is -2.23. The summed E-state index contributed by atoms with van der Waals surface area (Å²) in [6.07, 6.45) is 5.09. The molecule has 1 atom stereocenters. The van der Waals surface area contributed by atoms with E-state index in [1.807, 2.05) is 0 Å². The minimum atomic E-state index is 0.791. The first-order chi connectivity index (χ1) is 8.38. The Kier molecular flexibility index (Phi) is 4.87. The number of nitrogens with one attached hydrogen (secondary N) is 2. The maximum atomic E-state index is 3.54. The number of hydrogen-bond donors (Lipinski definition) is 2. The molecule has 2 rings (SSSR count). The summed E-state index contributed by atoms with van der Waals surface area (Å²) in [5, 5.41) is 7.00. The van der Waals surface area contributed by atoms with E-state index in [2.05, 4.69) is 41.8 Å². The molecule has 0 aromatic heterocycles. The maximum absolute atomic E-state index is 3.54. The van der Waals surface area contributed by atoms with E-state index in [0.29, 0.717) is 0 Å². The zero-order chi connectivity index (χ0) is 11.9. The van der Waals surface area contributed by atoms with E-state index in [-0.39, 0.29) is 0 Å². The topological polar surface area (TPSA) is 24.1 Å². The molecule has 2 N–H and O–H groups in total. The fourth-order valence-corrected chi connectivity index (χ4v) is 2.44. The first-order valence-electron chi connectivity index (χ1n) is 6.92. The summed E-state index contributed by atoms with van der Waals surface area (Å²) in [5.74, 6) is 0.791. The van der Waals surface area contributed by atoms with E-state index in [1.165, 1.54) is 50.0 Å². The molecule has 17 heavy (non-hydrogen) atoms. The molecule has 0 saturated carbocycles. The van der Waals surface area contributed by atoms with Crippen LogP contribution in [0, 0.1) is 5.92 Å². The van der Waals surface area contributed by atoms with Gasteiger partial charge in [0.2, 0.25) is 0 Å². The van der Waals surface area contributed by atoms with Crippen LogP contribution in [-0.2, 0) is 6.42 Å². The number of aryl methyl sites for hydroxylation is 1. The average molecular weight is 232 g/mol. The summed E-state index contributed by atoms with van der Waals surface area (Å²) in [6.45, 7) is 5.69. The molecular weight excluding hydrogens is 208 g/mol. The van der Waals surface area contributed by atoms with Crippen molar-refractivity contribution < 1.29 is 0 Å². The van der Waals surface area contributed by atoms with Crippen LogP contribution in [0.4, 0.5) is 5.69 Å². The fourth-order valence-electron chi connectivity index (χ4n) is 2.44. The van der Waals surface area contributed by atoms with Crippen molar-refractivity contribution in [3.63, 3.8) is 0 Å². The smallest absolute Gasteiger partial charge is 0.0340 e. The molecule has 2 nitrogen and oxygen atoms in total. The van der Waals surface area contributed by atoms with Crippen LogP contribution in [-0.4, -0.2) is 19.6 Å². The Morgan fingerprint density at radius 3 is 2.76 bits per heavy atom. The van der Waals surface area contributed by atoms with E-state index in [9.17, 15) is 0 Å². The van der Waals surface area contributed by atoms with Gasteiger partial charge in [-0.3, -0.25) is 0 Å². The maximum Gasteiger partial charge on any atom is 0.0340 e. The molecule has 0 amide bonds. The normalized spacial score (nSPS) is 20.2. The molecule has 1 aliphatic rings. The standard InChI is InChI=1S/C15H24N2/c1-2-4-13-6-8-15(9-7-13)17-12-14-5-3-10-16-11-14/h6-9,14,16-17H,2-5,10-12H2,1H3. The monoisotopic (exact) mass is 232 g/mol. The molecule has 0 aliphatic carbocycles. The van der Waals surface area contributed by atoms with Gasteiger partial charge in [-0.1, -0.05) is 25.5 Å². The van der Waals surface area contributed by atoms with Gasteiger partial charge in [-0.15, -0.1) is 0 Å². The van der Waals surface area contributed by atoms with E-state index in [1.54, 1.807) is 0 Å². The lowest BCUT2D eigenvalue weighted by atomic mass is 9.99. The van der Waals surface area contributed by atoms with Crippen molar-refractivity contribution in [2.45, 2.75) is 32.6 Å². The molecule has 1 aromatic carbocycles. The molecular formula is C15H24N2. The van der Waals surface area contributed by atoms with Gasteiger partial charge in [0, 0.05) is 12.2 Å². The zero-order valence-electron chi connectivity index (χ0n) is 10.8. The summed E-state index contributed by atoms with van der Waals surface area (Å²) in [7, 11) is 0. The van der Waals surface area contributed by atoms with Gasteiger partial charge in [0.1, 0.15) is 0 Å². The van der Waals surface area contributed by atoms with Crippen molar-refractivity contribution in [2.75, 3.05) is 25.0 Å². The number of hydrogen-bond acceptors (Lipinski definition) is 2. The summed E-state index contributed by atoms with van der Waals surface area (Å²) in [4.78, 5) is 0. The molecule has 1 aromatic rings. The minimum Gasteiger partial charge on any atom is -0.385 e. The molecule has 0 bridgehead atoms. The number of rotatable bonds is 5. The average Bonchev–Trinajstić information content (AvgIpc) is 2.40. The predicted molar refractivity (Wildman–Crippen MR) is 74.5 cm³/mol. The second-order valence-corrected chi connectivity index (χ2v) is 5.04. The molecule has 2 heteroatoms. The third-order valence-corrected chi connectivity index (χ3v) is 3.49. The van der Waals surface area contributed by atoms with Gasteiger partial charge in [0.15, 0.2) is 0 Å². The van der Waals surface area contributed by atoms with Crippen molar-refractivity contribution in [1.82, 2.24) is 5.32 Å². The molecule has 1 saturated heterocycles. The van der Waals surface area contributed by atoms with E-state index in [0.717, 1.165) is 12.5 Å². The second-order valence-electron chi connectivity index (χ2n) is 5.04. The van der Waals surface area contributed by atoms with Crippen LogP contribution >= 0.6 is 0 Å². The lowest BCUT2D eigenvalue weighted by molar-refractivity contribution is 0.393. The van der Waals surface area contributed by atoms with Crippen LogP contribution in [0.1, 0.15) is 31.7 Å². The Labute approximate surface area is 105 Å². The summed E-state index contributed by atoms with van der Waals surface area (Å²) in [6, 6.07) is 8.90. The molecule has 1 heterocycles. The van der Waals surface area contributed by atoms with E-state index < -0.39 is 0 Å². The van der Waals surface area contributed by atoms with Crippen molar-refractivity contribution in [2.24, 2.45) is 5.92 Å². The predicted octanol–water partition coefficient (Wildman–Crippen LogP) is 3.05. The number of piperidine rings is 1. The van der Waals surface area contributed by atoms with Gasteiger partial charge in [-0.05, 0) is 56.0 Å². The Morgan fingerprint density at radius 1 is 1.29 bits per heavy atom. The highest BCUT2D eigenvalue weighted by molar-refractivity contribution is 5.44. The summed E-state index contributed by atoms with van der Waals surface area (Å²) < 4.78 is 0. The lowest BCUT2D eigenvalue weighted by Crippen LogP contribution is -2.33. The van der Waals surface area contributed by atoms with Crippen LogP contribution in [0.25, 0.3) is 0 Å². The van der Waals surface area contributed by atoms with Crippen molar-refractivity contribution in [3.05, 3.63) is 29.8 Å². The molecule has 1 unspecified atom stereocenters. The third-order valence-electron chi connectivity index (χ3n) is 3.49. The van der Waals surface area contributed by atoms with E-state index >= 15 is 0 Å². The Bertz CT molecular complexity index is 312. The largest absolute Gasteiger partial charge is 0.385 e. The zero-order valence-corrected chi connectivity index (χ0v) is 10.8. The number of benzene rings is 1. The Hall–Kier alpha value is -1.02. The van der Waals surface area contributed by atoms with Crippen molar-refractivity contribution in [1.29, 1.82) is 0 Å². The van der Waals surface area contributed by atoms with Crippen LogP contribution in [0.15, 0.2) is 24.3 Å². The molecule has 94 valence electrons. The van der Waals surface area contributed by atoms with Gasteiger partial charge >= 0.3 is 0 Å². The highest BCUT2D eigenvalue weighted by atomic mass is 14.9. The van der Waals surface area contributed by atoms with Gasteiger partial charge < -0.3 is 10.6 Å². The van der Waals surface area contributed by atoms with Crippen LogP contribution in [0.5, 0.6) is 0 Å².